The van der Waals surface area contributed by atoms with Gasteiger partial charge in [-0.1, -0.05) is 65.7 Å². The van der Waals surface area contributed by atoms with Crippen LogP contribution >= 0.6 is 42.4 Å². The van der Waals surface area contributed by atoms with Crippen LogP contribution in [0.3, 0.4) is 0 Å². The van der Waals surface area contributed by atoms with Crippen LogP contribution in [0.1, 0.15) is 22.4 Å². The van der Waals surface area contributed by atoms with Crippen LogP contribution in [0.5, 0.6) is 23.1 Å². The van der Waals surface area contributed by atoms with Gasteiger partial charge >= 0.3 is 5.97 Å². The van der Waals surface area contributed by atoms with Crippen LogP contribution < -0.4 is 23.8 Å². The number of phosphoric ester groups is 1. The minimum atomic E-state index is -4.84. The van der Waals surface area contributed by atoms with E-state index in [0.29, 0.717) is 109 Å². The second-order valence-electron chi connectivity index (χ2n) is 16.9. The lowest BCUT2D eigenvalue weighted by Gasteiger charge is -2.41. The first-order valence-electron chi connectivity index (χ1n) is 22.0. The van der Waals surface area contributed by atoms with Crippen molar-refractivity contribution in [1.29, 1.82) is 0 Å². The maximum absolute atomic E-state index is 14.4. The van der Waals surface area contributed by atoms with Gasteiger partial charge in [0.2, 0.25) is 12.0 Å². The lowest BCUT2D eigenvalue weighted by molar-refractivity contribution is -0.929. The third-order valence-corrected chi connectivity index (χ3v) is 14.6. The molecule has 0 aliphatic carbocycles. The number of para-hydroxylation sites is 2. The van der Waals surface area contributed by atoms with Gasteiger partial charge in [0.05, 0.1) is 53.9 Å². The van der Waals surface area contributed by atoms with Crippen LogP contribution in [-0.4, -0.2) is 112 Å². The number of thiophene rings is 1. The number of aromatic nitrogens is 4. The molecular formula is C49H48Cl2FN6O10PS. The van der Waals surface area contributed by atoms with Crippen molar-refractivity contribution in [2.75, 3.05) is 60.2 Å². The Morgan fingerprint density at radius 2 is 1.63 bits per heavy atom. The van der Waals surface area contributed by atoms with E-state index in [9.17, 15) is 23.7 Å². The fraction of sp³-hybridized carbons (Fsp3) is 0.286. The molecule has 0 amide bonds. The number of carboxylic acid groups (broad SMARTS) is 1. The molecule has 0 spiro atoms. The van der Waals surface area contributed by atoms with Crippen molar-refractivity contribution >= 4 is 58.5 Å². The number of quaternary nitrogens is 1. The fourth-order valence-electron chi connectivity index (χ4n) is 8.22. The summed E-state index contributed by atoms with van der Waals surface area (Å²) in [5.41, 5.74) is 4.88. The Hall–Kier alpha value is -5.79. The molecule has 3 aromatic heterocycles. The molecule has 7 aromatic rings. The zero-order valence-electron chi connectivity index (χ0n) is 38.4. The minimum Gasteiger partial charge on any atom is -0.756 e. The van der Waals surface area contributed by atoms with Crippen molar-refractivity contribution in [2.24, 2.45) is 0 Å². The van der Waals surface area contributed by atoms with Gasteiger partial charge in [-0.05, 0) is 78.1 Å². The molecule has 16 nitrogen and oxygen atoms in total. The highest BCUT2D eigenvalue weighted by Crippen LogP contribution is 2.53. The summed E-state index contributed by atoms with van der Waals surface area (Å²) in [5.74, 6) is 0.104. The number of methoxy groups -OCH3 is 1. The average molecular weight is 1030 g/mol. The lowest BCUT2D eigenvalue weighted by Crippen LogP contribution is -2.58. The summed E-state index contributed by atoms with van der Waals surface area (Å²) in [6.07, 6.45) is 1.37. The predicted octanol–water partition coefficient (Wildman–Crippen LogP) is 8.78. The van der Waals surface area contributed by atoms with Gasteiger partial charge in [0.25, 0.3) is 7.82 Å². The molecule has 2 unspecified atom stereocenters. The van der Waals surface area contributed by atoms with E-state index in [4.69, 9.17) is 47.0 Å². The zero-order chi connectivity index (χ0) is 49.7. The Morgan fingerprint density at radius 1 is 0.943 bits per heavy atom. The molecular weight excluding hydrogens is 986 g/mol. The van der Waals surface area contributed by atoms with Gasteiger partial charge < -0.3 is 38.3 Å². The number of nitrogens with zero attached hydrogens (tertiary/aromatic N) is 6. The zero-order valence-corrected chi connectivity index (χ0v) is 41.7. The maximum Gasteiger partial charge on any atom is 0.345 e. The van der Waals surface area contributed by atoms with Crippen molar-refractivity contribution in [3.63, 3.8) is 0 Å². The number of fused-ring (bicyclic) bond motifs is 1. The highest BCUT2D eigenvalue weighted by atomic mass is 35.5. The van der Waals surface area contributed by atoms with Gasteiger partial charge in [-0.25, -0.2) is 29.1 Å². The van der Waals surface area contributed by atoms with Crippen molar-refractivity contribution in [3.8, 4) is 56.1 Å². The van der Waals surface area contributed by atoms with E-state index in [2.05, 4.69) is 29.4 Å². The van der Waals surface area contributed by atoms with E-state index in [1.165, 1.54) is 29.8 Å². The highest BCUT2D eigenvalue weighted by Gasteiger charge is 2.32. The average Bonchev–Trinajstić information content (AvgIpc) is 3.74. The normalized spacial score (nSPS) is 15.0. The summed E-state index contributed by atoms with van der Waals surface area (Å²) >= 11 is 15.6. The van der Waals surface area contributed by atoms with Crippen LogP contribution in [-0.2, 0) is 26.9 Å². The molecule has 366 valence electrons. The molecule has 0 saturated carbocycles. The maximum atomic E-state index is 14.4. The molecule has 8 rings (SSSR count). The van der Waals surface area contributed by atoms with Crippen LogP contribution in [0.15, 0.2) is 91.4 Å². The van der Waals surface area contributed by atoms with Gasteiger partial charge in [0, 0.05) is 42.7 Å². The van der Waals surface area contributed by atoms with Gasteiger partial charge in [-0.15, -0.1) is 11.3 Å². The van der Waals surface area contributed by atoms with Crippen LogP contribution in [0.4, 0.5) is 4.39 Å². The van der Waals surface area contributed by atoms with E-state index in [-0.39, 0.29) is 48.0 Å². The SMILES string of the molecule is COc1ccccc1-c1nccc(COc2ccccc2CC(Oc2ncnc3sc(-c4ccc(F)cc4)c(-c4c(C)c(Cl)c(OCCN5CC[N+](C)(COP(=O)([O-])O)CC5)c(Cl)c4C)c23)C(=O)O)n1. The third-order valence-electron chi connectivity index (χ3n) is 12.1. The molecule has 1 aliphatic rings. The van der Waals surface area contributed by atoms with Crippen molar-refractivity contribution < 1.29 is 56.6 Å². The third kappa shape index (κ3) is 11.5. The smallest absolute Gasteiger partial charge is 0.345 e. The van der Waals surface area contributed by atoms with Gasteiger partial charge in [-0.2, -0.15) is 0 Å². The summed E-state index contributed by atoms with van der Waals surface area (Å²) in [5, 5.41) is 11.6. The van der Waals surface area contributed by atoms with Crippen molar-refractivity contribution in [2.45, 2.75) is 33.0 Å². The summed E-state index contributed by atoms with van der Waals surface area (Å²) < 4.78 is 55.0. The first-order valence-corrected chi connectivity index (χ1v) is 25.0. The molecule has 4 heterocycles. The molecule has 4 aromatic carbocycles. The lowest BCUT2D eigenvalue weighted by atomic mass is 9.92. The fourth-order valence-corrected chi connectivity index (χ4v) is 10.3. The van der Waals surface area contributed by atoms with E-state index < -0.39 is 25.7 Å². The van der Waals surface area contributed by atoms with Crippen LogP contribution in [0.25, 0.3) is 43.2 Å². The number of rotatable bonds is 19. The van der Waals surface area contributed by atoms with Crippen LogP contribution in [0, 0.1) is 19.7 Å². The Balaban J connectivity index is 1.07. The summed E-state index contributed by atoms with van der Waals surface area (Å²) in [7, 11) is -1.40. The van der Waals surface area contributed by atoms with E-state index in [1.54, 1.807) is 55.8 Å². The summed E-state index contributed by atoms with van der Waals surface area (Å²) in [6.45, 7) is 6.72. The van der Waals surface area contributed by atoms with Crippen molar-refractivity contribution in [1.82, 2.24) is 24.8 Å². The Morgan fingerprint density at radius 3 is 2.31 bits per heavy atom. The second-order valence-corrected chi connectivity index (χ2v) is 19.8. The monoisotopic (exact) mass is 1030 g/mol. The number of carbonyl (C=O) groups is 1. The molecule has 21 heteroatoms. The molecule has 0 radical (unpaired) electrons. The number of hydrogen-bond acceptors (Lipinski definition) is 14. The predicted molar refractivity (Wildman–Crippen MR) is 262 cm³/mol. The molecule has 2 atom stereocenters. The first-order chi connectivity index (χ1) is 33.5. The second kappa shape index (κ2) is 21.7. The number of likely N-dealkylation sites (N-methyl/N-ethyl adjacent to an activating group) is 1. The first kappa shape index (κ1) is 50.6. The molecule has 1 fully saturated rings. The van der Waals surface area contributed by atoms with Gasteiger partial charge in [0.15, 0.2) is 18.3 Å². The van der Waals surface area contributed by atoms with Gasteiger partial charge in [0.1, 0.15) is 41.7 Å². The highest BCUT2D eigenvalue weighted by molar-refractivity contribution is 7.44. The van der Waals surface area contributed by atoms with Gasteiger partial charge in [-0.3, -0.25) is 14.0 Å². The molecule has 70 heavy (non-hydrogen) atoms. The van der Waals surface area contributed by atoms with E-state index in [1.807, 2.05) is 45.2 Å². The Kier molecular flexibility index (Phi) is 15.7. The Bertz CT molecular complexity index is 3050. The number of carboxylic acids is 1. The van der Waals surface area contributed by atoms with Crippen molar-refractivity contribution in [3.05, 3.63) is 130 Å². The van der Waals surface area contributed by atoms with E-state index >= 15 is 0 Å². The molecule has 1 saturated heterocycles. The van der Waals surface area contributed by atoms with E-state index in [0.717, 1.165) is 5.56 Å². The van der Waals surface area contributed by atoms with Crippen LogP contribution in [0.2, 0.25) is 10.0 Å². The molecule has 2 N–H and O–H groups in total. The number of benzene rings is 4. The summed E-state index contributed by atoms with van der Waals surface area (Å²) in [6, 6.07) is 22.2. The number of hydrogen-bond donors (Lipinski definition) is 2. The topological polar surface area (TPSA) is 199 Å². The largest absolute Gasteiger partial charge is 0.756 e. The number of phosphoric acid groups is 1. The minimum absolute atomic E-state index is 0.00662. The number of aliphatic carboxylic acids is 1. The quantitative estimate of drug-likeness (QED) is 0.0575. The number of piperazine rings is 1. The molecule has 1 aliphatic heterocycles. The number of ether oxygens (including phenoxy) is 4. The molecule has 0 bridgehead atoms. The standard InChI is InChI=1S/C49H48Cl2FN6O10PS/c1-29-39(30(2)43(51)44(42(29)50)65-24-21-57-19-22-58(3,23-20-57)28-67-69(61,62)63)40-41-47(54-27-55-48(41)70-45(40)31-13-15-33(52)16-14-31)68-38(49(59)60)25-32-9-5-7-11-36(32)66-26-34-17-18-53-46(56-34)35-10-6-8-12-37(35)64-4/h5-18,27,38H,19-26,28H2,1-4H3,(H2-,59,60,61,62,63). The summed E-state index contributed by atoms with van der Waals surface area (Å²) in [4.78, 5) is 54.9. The Labute approximate surface area is 417 Å². The number of halogens is 3.